The molecule has 1 N–H and O–H groups in total. The number of nitrogens with one attached hydrogen (secondary N) is 1. The van der Waals surface area contributed by atoms with Gasteiger partial charge in [0.15, 0.2) is 0 Å². The van der Waals surface area contributed by atoms with Gasteiger partial charge in [0.05, 0.1) is 0 Å². The maximum Gasteiger partial charge on any atom is 0.0178 e. The SMILES string of the molecule is CNCC(Cc1cccc(C)c1)c1cccc(Br)c1. The van der Waals surface area contributed by atoms with Crippen LogP contribution in [0.4, 0.5) is 0 Å². The van der Waals surface area contributed by atoms with Crippen LogP contribution >= 0.6 is 15.9 Å². The highest BCUT2D eigenvalue weighted by Crippen LogP contribution is 2.23. The van der Waals surface area contributed by atoms with E-state index in [-0.39, 0.29) is 0 Å². The standard InChI is InChI=1S/C17H20BrN/c1-13-5-3-6-14(9-13)10-16(12-19-2)15-7-4-8-17(18)11-15/h3-9,11,16,19H,10,12H2,1-2H3. The molecule has 2 aromatic carbocycles. The van der Waals surface area contributed by atoms with Gasteiger partial charge in [-0.05, 0) is 43.7 Å². The monoisotopic (exact) mass is 317 g/mol. The highest BCUT2D eigenvalue weighted by molar-refractivity contribution is 9.10. The summed E-state index contributed by atoms with van der Waals surface area (Å²) in [5, 5.41) is 3.31. The molecule has 0 aliphatic heterocycles. The van der Waals surface area contributed by atoms with E-state index in [0.29, 0.717) is 5.92 Å². The van der Waals surface area contributed by atoms with Crippen LogP contribution in [-0.2, 0) is 6.42 Å². The maximum absolute atomic E-state index is 3.56. The lowest BCUT2D eigenvalue weighted by atomic mass is 9.91. The number of rotatable bonds is 5. The number of hydrogen-bond donors (Lipinski definition) is 1. The zero-order valence-electron chi connectivity index (χ0n) is 11.5. The van der Waals surface area contributed by atoms with E-state index in [4.69, 9.17) is 0 Å². The average molecular weight is 318 g/mol. The minimum Gasteiger partial charge on any atom is -0.319 e. The first-order chi connectivity index (χ1) is 9.19. The molecule has 2 rings (SSSR count). The van der Waals surface area contributed by atoms with Crippen LogP contribution in [0.25, 0.3) is 0 Å². The maximum atomic E-state index is 3.56. The molecule has 2 heteroatoms. The minimum absolute atomic E-state index is 0.504. The van der Waals surface area contributed by atoms with Gasteiger partial charge in [0, 0.05) is 16.9 Å². The molecule has 19 heavy (non-hydrogen) atoms. The summed E-state index contributed by atoms with van der Waals surface area (Å²) in [5.74, 6) is 0.504. The summed E-state index contributed by atoms with van der Waals surface area (Å²) in [6.45, 7) is 3.14. The normalized spacial score (nSPS) is 12.4. The zero-order valence-corrected chi connectivity index (χ0v) is 13.1. The van der Waals surface area contributed by atoms with Crippen LogP contribution in [0.2, 0.25) is 0 Å². The van der Waals surface area contributed by atoms with Crippen molar-refractivity contribution in [3.05, 3.63) is 69.7 Å². The van der Waals surface area contributed by atoms with Crippen molar-refractivity contribution in [2.75, 3.05) is 13.6 Å². The summed E-state index contributed by atoms with van der Waals surface area (Å²) in [6, 6.07) is 17.4. The van der Waals surface area contributed by atoms with Gasteiger partial charge >= 0.3 is 0 Å². The van der Waals surface area contributed by atoms with E-state index in [1.807, 2.05) is 7.05 Å². The highest BCUT2D eigenvalue weighted by Gasteiger charge is 2.12. The average Bonchev–Trinajstić information content (AvgIpc) is 2.38. The predicted octanol–water partition coefficient (Wildman–Crippen LogP) is 4.30. The lowest BCUT2D eigenvalue weighted by molar-refractivity contribution is 0.625. The van der Waals surface area contributed by atoms with Crippen LogP contribution in [-0.4, -0.2) is 13.6 Å². The molecule has 0 aliphatic rings. The fourth-order valence-corrected chi connectivity index (χ4v) is 2.86. The molecule has 0 amide bonds. The van der Waals surface area contributed by atoms with Gasteiger partial charge in [-0.2, -0.15) is 0 Å². The van der Waals surface area contributed by atoms with Gasteiger partial charge in [-0.15, -0.1) is 0 Å². The molecule has 0 saturated carbocycles. The number of hydrogen-bond acceptors (Lipinski definition) is 1. The van der Waals surface area contributed by atoms with E-state index in [0.717, 1.165) is 17.4 Å². The van der Waals surface area contributed by atoms with Gasteiger partial charge in [-0.25, -0.2) is 0 Å². The third-order valence-electron chi connectivity index (χ3n) is 3.34. The Morgan fingerprint density at radius 1 is 1.11 bits per heavy atom. The molecule has 0 bridgehead atoms. The van der Waals surface area contributed by atoms with Crippen molar-refractivity contribution >= 4 is 15.9 Å². The summed E-state index contributed by atoms with van der Waals surface area (Å²) in [5.41, 5.74) is 4.11. The Morgan fingerprint density at radius 3 is 2.58 bits per heavy atom. The smallest absolute Gasteiger partial charge is 0.0178 e. The zero-order chi connectivity index (χ0) is 13.7. The first kappa shape index (κ1) is 14.3. The van der Waals surface area contributed by atoms with Crippen LogP contribution < -0.4 is 5.32 Å². The van der Waals surface area contributed by atoms with Gasteiger partial charge in [0.25, 0.3) is 0 Å². The fourth-order valence-electron chi connectivity index (χ4n) is 2.44. The minimum atomic E-state index is 0.504. The van der Waals surface area contributed by atoms with E-state index in [1.54, 1.807) is 0 Å². The number of halogens is 1. The predicted molar refractivity (Wildman–Crippen MR) is 85.7 cm³/mol. The van der Waals surface area contributed by atoms with E-state index in [9.17, 15) is 0 Å². The van der Waals surface area contributed by atoms with Crippen LogP contribution in [0.1, 0.15) is 22.6 Å². The number of likely N-dealkylation sites (N-methyl/N-ethyl adjacent to an activating group) is 1. The molecule has 1 nitrogen and oxygen atoms in total. The Hall–Kier alpha value is -1.12. The van der Waals surface area contributed by atoms with Crippen molar-refractivity contribution in [2.45, 2.75) is 19.3 Å². The van der Waals surface area contributed by atoms with E-state index in [2.05, 4.69) is 76.7 Å². The molecule has 100 valence electrons. The fraction of sp³-hybridized carbons (Fsp3) is 0.294. The summed E-state index contributed by atoms with van der Waals surface area (Å²) in [4.78, 5) is 0. The van der Waals surface area contributed by atoms with Crippen molar-refractivity contribution in [1.82, 2.24) is 5.32 Å². The van der Waals surface area contributed by atoms with Crippen molar-refractivity contribution < 1.29 is 0 Å². The first-order valence-corrected chi connectivity index (χ1v) is 7.44. The molecule has 2 aromatic rings. The third-order valence-corrected chi connectivity index (χ3v) is 3.83. The topological polar surface area (TPSA) is 12.0 Å². The summed E-state index contributed by atoms with van der Waals surface area (Å²) < 4.78 is 1.15. The molecule has 0 aromatic heterocycles. The van der Waals surface area contributed by atoms with Crippen LogP contribution in [0.5, 0.6) is 0 Å². The summed E-state index contributed by atoms with van der Waals surface area (Å²) in [6.07, 6.45) is 1.07. The summed E-state index contributed by atoms with van der Waals surface area (Å²) >= 11 is 3.56. The van der Waals surface area contributed by atoms with Crippen molar-refractivity contribution in [3.8, 4) is 0 Å². The van der Waals surface area contributed by atoms with Crippen LogP contribution in [0, 0.1) is 6.92 Å². The second-order valence-electron chi connectivity index (χ2n) is 5.00. The van der Waals surface area contributed by atoms with Crippen LogP contribution in [0.3, 0.4) is 0 Å². The molecule has 0 saturated heterocycles. The summed E-state index contributed by atoms with van der Waals surface area (Å²) in [7, 11) is 2.02. The van der Waals surface area contributed by atoms with Gasteiger partial charge < -0.3 is 5.32 Å². The molecule has 0 spiro atoms. The van der Waals surface area contributed by atoms with E-state index >= 15 is 0 Å². The molecule has 0 fully saturated rings. The van der Waals surface area contributed by atoms with E-state index < -0.39 is 0 Å². The van der Waals surface area contributed by atoms with Gasteiger partial charge in [-0.3, -0.25) is 0 Å². The molecule has 1 unspecified atom stereocenters. The number of aryl methyl sites for hydroxylation is 1. The molecule has 0 aliphatic carbocycles. The molecular weight excluding hydrogens is 298 g/mol. The number of benzene rings is 2. The molecule has 1 atom stereocenters. The van der Waals surface area contributed by atoms with Crippen LogP contribution in [0.15, 0.2) is 53.0 Å². The molecule has 0 radical (unpaired) electrons. The van der Waals surface area contributed by atoms with Crippen molar-refractivity contribution in [3.63, 3.8) is 0 Å². The Morgan fingerprint density at radius 2 is 1.89 bits per heavy atom. The third kappa shape index (κ3) is 4.19. The Bertz CT molecular complexity index is 536. The van der Waals surface area contributed by atoms with Crippen molar-refractivity contribution in [1.29, 1.82) is 0 Å². The van der Waals surface area contributed by atoms with E-state index in [1.165, 1.54) is 16.7 Å². The molecule has 0 heterocycles. The van der Waals surface area contributed by atoms with Gasteiger partial charge in [0.1, 0.15) is 0 Å². The largest absolute Gasteiger partial charge is 0.319 e. The lowest BCUT2D eigenvalue weighted by Gasteiger charge is -2.18. The highest BCUT2D eigenvalue weighted by atomic mass is 79.9. The Kier molecular flexibility index (Phi) is 5.17. The Balaban J connectivity index is 2.21. The second kappa shape index (κ2) is 6.88. The second-order valence-corrected chi connectivity index (χ2v) is 5.92. The van der Waals surface area contributed by atoms with Crippen molar-refractivity contribution in [2.24, 2.45) is 0 Å². The molecular formula is C17H20BrN. The first-order valence-electron chi connectivity index (χ1n) is 6.64. The quantitative estimate of drug-likeness (QED) is 0.866. The van der Waals surface area contributed by atoms with Gasteiger partial charge in [-0.1, -0.05) is 57.9 Å². The lowest BCUT2D eigenvalue weighted by Crippen LogP contribution is -2.19. The van der Waals surface area contributed by atoms with Gasteiger partial charge in [0.2, 0.25) is 0 Å². The Labute approximate surface area is 124 Å².